The van der Waals surface area contributed by atoms with Crippen LogP contribution in [0.3, 0.4) is 0 Å². The SMILES string of the molecule is O=C(O)CCCCc1ccn[nH]1. The van der Waals surface area contributed by atoms with Crippen molar-refractivity contribution in [3.05, 3.63) is 18.0 Å². The summed E-state index contributed by atoms with van der Waals surface area (Å²) in [6.45, 7) is 0. The topological polar surface area (TPSA) is 66.0 Å². The van der Waals surface area contributed by atoms with Gasteiger partial charge in [0.05, 0.1) is 0 Å². The van der Waals surface area contributed by atoms with Crippen LogP contribution in [-0.4, -0.2) is 21.3 Å². The fourth-order valence-corrected chi connectivity index (χ4v) is 1.02. The molecule has 12 heavy (non-hydrogen) atoms. The van der Waals surface area contributed by atoms with Crippen molar-refractivity contribution < 1.29 is 9.90 Å². The number of aliphatic carboxylic acids is 1. The number of rotatable bonds is 5. The number of hydrogen-bond acceptors (Lipinski definition) is 2. The fourth-order valence-electron chi connectivity index (χ4n) is 1.02. The molecule has 0 atom stereocenters. The van der Waals surface area contributed by atoms with Gasteiger partial charge >= 0.3 is 5.97 Å². The van der Waals surface area contributed by atoms with Crippen molar-refractivity contribution >= 4 is 5.97 Å². The maximum Gasteiger partial charge on any atom is 0.303 e. The zero-order valence-electron chi connectivity index (χ0n) is 6.79. The second-order valence-corrected chi connectivity index (χ2v) is 2.68. The molecule has 0 aliphatic rings. The lowest BCUT2D eigenvalue weighted by Gasteiger charge is -1.95. The molecule has 0 saturated heterocycles. The molecule has 0 saturated carbocycles. The number of unbranched alkanes of at least 4 members (excludes halogenated alkanes) is 1. The maximum atomic E-state index is 10.1. The van der Waals surface area contributed by atoms with E-state index in [0.717, 1.165) is 25.0 Å². The third-order valence-electron chi connectivity index (χ3n) is 1.65. The highest BCUT2D eigenvalue weighted by Gasteiger charge is 1.97. The van der Waals surface area contributed by atoms with Crippen LogP contribution in [0, 0.1) is 0 Å². The fraction of sp³-hybridized carbons (Fsp3) is 0.500. The Morgan fingerprint density at radius 3 is 3.00 bits per heavy atom. The number of carbonyl (C=O) groups is 1. The average Bonchev–Trinajstić information content (AvgIpc) is 2.49. The summed E-state index contributed by atoms with van der Waals surface area (Å²) < 4.78 is 0. The summed E-state index contributed by atoms with van der Waals surface area (Å²) in [5, 5.41) is 15.0. The van der Waals surface area contributed by atoms with Crippen LogP contribution in [0.4, 0.5) is 0 Å². The predicted octanol–water partition coefficient (Wildman–Crippen LogP) is 1.21. The summed E-state index contributed by atoms with van der Waals surface area (Å²) in [5.74, 6) is -0.723. The lowest BCUT2D eigenvalue weighted by Crippen LogP contribution is -1.94. The van der Waals surface area contributed by atoms with Crippen molar-refractivity contribution in [3.63, 3.8) is 0 Å². The van der Waals surface area contributed by atoms with E-state index in [1.807, 2.05) is 6.07 Å². The molecule has 0 aliphatic heterocycles. The van der Waals surface area contributed by atoms with E-state index in [4.69, 9.17) is 5.11 Å². The molecule has 66 valence electrons. The highest BCUT2D eigenvalue weighted by Crippen LogP contribution is 2.02. The second kappa shape index (κ2) is 4.54. The number of aryl methyl sites for hydroxylation is 1. The number of aromatic nitrogens is 2. The van der Waals surface area contributed by atoms with Crippen molar-refractivity contribution in [2.24, 2.45) is 0 Å². The van der Waals surface area contributed by atoms with Crippen LogP contribution in [0.15, 0.2) is 12.3 Å². The molecular weight excluding hydrogens is 156 g/mol. The first-order chi connectivity index (χ1) is 5.79. The van der Waals surface area contributed by atoms with Crippen LogP contribution in [0.5, 0.6) is 0 Å². The first-order valence-corrected chi connectivity index (χ1v) is 3.99. The summed E-state index contributed by atoms with van der Waals surface area (Å²) in [4.78, 5) is 10.1. The van der Waals surface area contributed by atoms with Gasteiger partial charge in [0.15, 0.2) is 0 Å². The summed E-state index contributed by atoms with van der Waals surface area (Å²) in [6, 6.07) is 1.90. The van der Waals surface area contributed by atoms with E-state index in [-0.39, 0.29) is 6.42 Å². The van der Waals surface area contributed by atoms with Crippen LogP contribution in [0.2, 0.25) is 0 Å². The summed E-state index contributed by atoms with van der Waals surface area (Å²) in [5.41, 5.74) is 1.07. The second-order valence-electron chi connectivity index (χ2n) is 2.68. The first kappa shape index (κ1) is 8.77. The van der Waals surface area contributed by atoms with Gasteiger partial charge in [0.25, 0.3) is 0 Å². The molecule has 2 N–H and O–H groups in total. The molecular formula is C8H12N2O2. The Hall–Kier alpha value is -1.32. The molecule has 4 heteroatoms. The van der Waals surface area contributed by atoms with E-state index < -0.39 is 5.97 Å². The van der Waals surface area contributed by atoms with Gasteiger partial charge in [-0.15, -0.1) is 0 Å². The van der Waals surface area contributed by atoms with Crippen LogP contribution in [0.25, 0.3) is 0 Å². The van der Waals surface area contributed by atoms with Gasteiger partial charge in [-0.1, -0.05) is 0 Å². The Labute approximate surface area is 70.6 Å². The predicted molar refractivity (Wildman–Crippen MR) is 43.8 cm³/mol. The Balaban J connectivity index is 2.07. The maximum absolute atomic E-state index is 10.1. The number of hydrogen-bond donors (Lipinski definition) is 2. The molecule has 1 rings (SSSR count). The molecule has 0 radical (unpaired) electrons. The number of nitrogens with one attached hydrogen (secondary N) is 1. The molecule has 4 nitrogen and oxygen atoms in total. The number of H-pyrrole nitrogens is 1. The zero-order valence-corrected chi connectivity index (χ0v) is 6.79. The van der Waals surface area contributed by atoms with Crippen LogP contribution in [-0.2, 0) is 11.2 Å². The van der Waals surface area contributed by atoms with E-state index in [0.29, 0.717) is 0 Å². The van der Waals surface area contributed by atoms with Crippen molar-refractivity contribution in [2.75, 3.05) is 0 Å². The van der Waals surface area contributed by atoms with Crippen LogP contribution in [0.1, 0.15) is 25.0 Å². The Morgan fingerprint density at radius 2 is 2.42 bits per heavy atom. The van der Waals surface area contributed by atoms with Gasteiger partial charge in [0, 0.05) is 18.3 Å². The molecule has 0 aliphatic carbocycles. The minimum atomic E-state index is -0.723. The number of carboxylic acids is 1. The lowest BCUT2D eigenvalue weighted by atomic mass is 10.1. The van der Waals surface area contributed by atoms with Crippen molar-refractivity contribution in [1.82, 2.24) is 10.2 Å². The summed E-state index contributed by atoms with van der Waals surface area (Å²) in [7, 11) is 0. The monoisotopic (exact) mass is 168 g/mol. The first-order valence-electron chi connectivity index (χ1n) is 3.99. The van der Waals surface area contributed by atoms with Gasteiger partial charge in [-0.25, -0.2) is 0 Å². The van der Waals surface area contributed by atoms with Crippen molar-refractivity contribution in [1.29, 1.82) is 0 Å². The standard InChI is InChI=1S/C8H12N2O2/c11-8(12)4-2-1-3-7-5-6-9-10-7/h5-6H,1-4H2,(H,9,10)(H,11,12). The summed E-state index contributed by atoms with van der Waals surface area (Å²) >= 11 is 0. The molecule has 0 bridgehead atoms. The molecule has 0 unspecified atom stereocenters. The van der Waals surface area contributed by atoms with E-state index in [2.05, 4.69) is 10.2 Å². The van der Waals surface area contributed by atoms with E-state index in [1.54, 1.807) is 6.20 Å². The van der Waals surface area contributed by atoms with E-state index in [1.165, 1.54) is 0 Å². The van der Waals surface area contributed by atoms with Crippen molar-refractivity contribution in [3.8, 4) is 0 Å². The normalized spacial score (nSPS) is 10.0. The van der Waals surface area contributed by atoms with Gasteiger partial charge in [0.2, 0.25) is 0 Å². The lowest BCUT2D eigenvalue weighted by molar-refractivity contribution is -0.137. The number of carboxylic acid groups (broad SMARTS) is 1. The van der Waals surface area contributed by atoms with Crippen LogP contribution >= 0.6 is 0 Å². The smallest absolute Gasteiger partial charge is 0.303 e. The highest BCUT2D eigenvalue weighted by atomic mass is 16.4. The molecule has 0 amide bonds. The minimum absolute atomic E-state index is 0.258. The van der Waals surface area contributed by atoms with Gasteiger partial charge in [-0.2, -0.15) is 5.10 Å². The Bertz CT molecular complexity index is 231. The quantitative estimate of drug-likeness (QED) is 0.649. The van der Waals surface area contributed by atoms with Gasteiger partial charge < -0.3 is 5.11 Å². The minimum Gasteiger partial charge on any atom is -0.481 e. The third-order valence-corrected chi connectivity index (χ3v) is 1.65. The largest absolute Gasteiger partial charge is 0.481 e. The zero-order chi connectivity index (χ0) is 8.81. The molecule has 0 fully saturated rings. The van der Waals surface area contributed by atoms with Gasteiger partial charge in [-0.05, 0) is 25.3 Å². The van der Waals surface area contributed by atoms with Crippen molar-refractivity contribution in [2.45, 2.75) is 25.7 Å². The highest BCUT2D eigenvalue weighted by molar-refractivity contribution is 5.66. The molecule has 0 spiro atoms. The Kier molecular flexibility index (Phi) is 3.32. The van der Waals surface area contributed by atoms with Crippen LogP contribution < -0.4 is 0 Å². The number of aromatic amines is 1. The van der Waals surface area contributed by atoms with Gasteiger partial charge in [0.1, 0.15) is 0 Å². The van der Waals surface area contributed by atoms with E-state index in [9.17, 15) is 4.79 Å². The molecule has 0 aromatic carbocycles. The van der Waals surface area contributed by atoms with Gasteiger partial charge in [-0.3, -0.25) is 9.89 Å². The molecule has 1 heterocycles. The van der Waals surface area contributed by atoms with E-state index >= 15 is 0 Å². The molecule has 1 aromatic heterocycles. The third kappa shape index (κ3) is 3.18. The summed E-state index contributed by atoms with van der Waals surface area (Å²) in [6.07, 6.45) is 4.47. The average molecular weight is 168 g/mol. The number of nitrogens with zero attached hydrogens (tertiary/aromatic N) is 1. The molecule has 1 aromatic rings. The Morgan fingerprint density at radius 1 is 1.58 bits per heavy atom.